The van der Waals surface area contributed by atoms with E-state index in [1.807, 2.05) is 18.2 Å². The highest BCUT2D eigenvalue weighted by Crippen LogP contribution is 2.29. The molecule has 1 amide bonds. The Labute approximate surface area is 151 Å². The standard InChI is InChI=1S/C19H29N3O.ClH/c1-13(2)17-6-4-5-7-18(17)21-19(23)12-22(3)16-10-14-8-9-15(11-16)20-14;/h4-7,13-16,20H,8-12H2,1-3H3,(H,21,23);1H. The van der Waals surface area contributed by atoms with Crippen molar-refractivity contribution < 1.29 is 4.79 Å². The smallest absolute Gasteiger partial charge is 0.238 e. The lowest BCUT2D eigenvalue weighted by atomic mass is 9.98. The molecule has 2 N–H and O–H groups in total. The number of likely N-dealkylation sites (N-methyl/N-ethyl adjacent to an activating group) is 1. The van der Waals surface area contributed by atoms with E-state index in [1.54, 1.807) is 0 Å². The second-order valence-corrected chi connectivity index (χ2v) is 7.47. The van der Waals surface area contributed by atoms with Crippen molar-refractivity contribution in [3.05, 3.63) is 29.8 Å². The van der Waals surface area contributed by atoms with Crippen LogP contribution in [-0.4, -0.2) is 42.5 Å². The number of halogens is 1. The Morgan fingerprint density at radius 1 is 1.25 bits per heavy atom. The third-order valence-electron chi connectivity index (χ3n) is 5.32. The number of anilines is 1. The lowest BCUT2D eigenvalue weighted by Gasteiger charge is -2.35. The Hall–Kier alpha value is -1.10. The predicted octanol–water partition coefficient (Wildman–Crippen LogP) is 3.39. The molecular formula is C19H30ClN3O. The summed E-state index contributed by atoms with van der Waals surface area (Å²) in [6.45, 7) is 4.78. The van der Waals surface area contributed by atoms with Crippen LogP contribution >= 0.6 is 12.4 Å². The van der Waals surface area contributed by atoms with E-state index in [-0.39, 0.29) is 18.3 Å². The molecule has 134 valence electrons. The minimum Gasteiger partial charge on any atom is -0.325 e. The van der Waals surface area contributed by atoms with Crippen LogP contribution in [0.2, 0.25) is 0 Å². The Balaban J connectivity index is 0.00000208. The number of hydrogen-bond acceptors (Lipinski definition) is 3. The van der Waals surface area contributed by atoms with Crippen molar-refractivity contribution in [2.24, 2.45) is 0 Å². The van der Waals surface area contributed by atoms with Crippen LogP contribution in [0, 0.1) is 0 Å². The molecule has 0 radical (unpaired) electrons. The van der Waals surface area contributed by atoms with Crippen LogP contribution in [0.25, 0.3) is 0 Å². The number of fused-ring (bicyclic) bond motifs is 2. The molecule has 4 nitrogen and oxygen atoms in total. The zero-order valence-corrected chi connectivity index (χ0v) is 15.7. The van der Waals surface area contributed by atoms with Gasteiger partial charge in [0, 0.05) is 23.8 Å². The van der Waals surface area contributed by atoms with Crippen LogP contribution < -0.4 is 10.6 Å². The lowest BCUT2D eigenvalue weighted by Crippen LogP contribution is -2.48. The van der Waals surface area contributed by atoms with E-state index >= 15 is 0 Å². The van der Waals surface area contributed by atoms with Crippen molar-refractivity contribution in [2.45, 2.75) is 63.6 Å². The second-order valence-electron chi connectivity index (χ2n) is 7.47. The van der Waals surface area contributed by atoms with Crippen LogP contribution in [0.3, 0.4) is 0 Å². The Morgan fingerprint density at radius 2 is 1.88 bits per heavy atom. The molecule has 2 heterocycles. The number of rotatable bonds is 5. The molecular weight excluding hydrogens is 322 g/mol. The summed E-state index contributed by atoms with van der Waals surface area (Å²) in [6.07, 6.45) is 4.93. The number of hydrogen-bond donors (Lipinski definition) is 2. The van der Waals surface area contributed by atoms with Gasteiger partial charge in [0.2, 0.25) is 5.91 Å². The van der Waals surface area contributed by atoms with Crippen molar-refractivity contribution in [3.8, 4) is 0 Å². The van der Waals surface area contributed by atoms with Gasteiger partial charge in [0.05, 0.1) is 6.54 Å². The summed E-state index contributed by atoms with van der Waals surface area (Å²) in [5, 5.41) is 6.76. The molecule has 0 saturated carbocycles. The molecule has 1 aromatic rings. The van der Waals surface area contributed by atoms with Crippen molar-refractivity contribution in [3.63, 3.8) is 0 Å². The third-order valence-corrected chi connectivity index (χ3v) is 5.32. The maximum Gasteiger partial charge on any atom is 0.238 e. The predicted molar refractivity (Wildman–Crippen MR) is 102 cm³/mol. The fourth-order valence-corrected chi connectivity index (χ4v) is 4.05. The van der Waals surface area contributed by atoms with E-state index in [0.717, 1.165) is 5.69 Å². The van der Waals surface area contributed by atoms with Crippen molar-refractivity contribution in [1.29, 1.82) is 0 Å². The number of carbonyl (C=O) groups excluding carboxylic acids is 1. The zero-order valence-electron chi connectivity index (χ0n) is 14.9. The number of nitrogens with zero attached hydrogens (tertiary/aromatic N) is 1. The molecule has 2 aliphatic heterocycles. The van der Waals surface area contributed by atoms with Crippen LogP contribution in [0.15, 0.2) is 24.3 Å². The van der Waals surface area contributed by atoms with E-state index in [9.17, 15) is 4.79 Å². The molecule has 2 aliphatic rings. The molecule has 2 fully saturated rings. The van der Waals surface area contributed by atoms with Gasteiger partial charge >= 0.3 is 0 Å². The number of piperidine rings is 1. The van der Waals surface area contributed by atoms with Crippen molar-refractivity contribution >= 4 is 24.0 Å². The van der Waals surface area contributed by atoms with Gasteiger partial charge in [-0.3, -0.25) is 9.69 Å². The number of carbonyl (C=O) groups is 1. The number of amides is 1. The summed E-state index contributed by atoms with van der Waals surface area (Å²) in [4.78, 5) is 14.7. The highest BCUT2D eigenvalue weighted by Gasteiger charge is 2.35. The van der Waals surface area contributed by atoms with Crippen LogP contribution in [-0.2, 0) is 4.79 Å². The summed E-state index contributed by atoms with van der Waals surface area (Å²) in [5.41, 5.74) is 2.15. The highest BCUT2D eigenvalue weighted by molar-refractivity contribution is 5.93. The van der Waals surface area contributed by atoms with E-state index in [0.29, 0.717) is 30.6 Å². The monoisotopic (exact) mass is 351 g/mol. The minimum atomic E-state index is 0. The van der Waals surface area contributed by atoms with Crippen LogP contribution in [0.5, 0.6) is 0 Å². The Bertz CT molecular complexity index is 551. The van der Waals surface area contributed by atoms with Gasteiger partial charge in [-0.05, 0) is 50.3 Å². The molecule has 0 spiro atoms. The van der Waals surface area contributed by atoms with E-state index in [1.165, 1.54) is 31.2 Å². The summed E-state index contributed by atoms with van der Waals surface area (Å²) in [6, 6.07) is 9.95. The first-order chi connectivity index (χ1) is 11.0. The molecule has 0 aliphatic carbocycles. The molecule has 5 heteroatoms. The molecule has 1 aromatic carbocycles. The van der Waals surface area contributed by atoms with Gasteiger partial charge in [0.25, 0.3) is 0 Å². The van der Waals surface area contributed by atoms with Crippen molar-refractivity contribution in [1.82, 2.24) is 10.2 Å². The fraction of sp³-hybridized carbons (Fsp3) is 0.632. The first-order valence-electron chi connectivity index (χ1n) is 8.88. The van der Waals surface area contributed by atoms with Gasteiger partial charge in [-0.1, -0.05) is 32.0 Å². The zero-order chi connectivity index (χ0) is 16.4. The quantitative estimate of drug-likeness (QED) is 0.854. The number of benzene rings is 1. The maximum atomic E-state index is 12.5. The first kappa shape index (κ1) is 19.2. The van der Waals surface area contributed by atoms with E-state index in [2.05, 4.69) is 42.5 Å². The molecule has 24 heavy (non-hydrogen) atoms. The lowest BCUT2D eigenvalue weighted by molar-refractivity contribution is -0.117. The summed E-state index contributed by atoms with van der Waals surface area (Å²) in [5.74, 6) is 0.496. The molecule has 2 saturated heterocycles. The average molecular weight is 352 g/mol. The fourth-order valence-electron chi connectivity index (χ4n) is 4.05. The summed E-state index contributed by atoms with van der Waals surface area (Å²) >= 11 is 0. The average Bonchev–Trinajstić information content (AvgIpc) is 2.85. The SMILES string of the molecule is CC(C)c1ccccc1NC(=O)CN(C)C1CC2CCC(C1)N2.Cl. The van der Waals surface area contributed by atoms with Crippen LogP contribution in [0.4, 0.5) is 5.69 Å². The van der Waals surface area contributed by atoms with E-state index < -0.39 is 0 Å². The molecule has 2 atom stereocenters. The van der Waals surface area contributed by atoms with Crippen molar-refractivity contribution in [2.75, 3.05) is 18.9 Å². The molecule has 2 bridgehead atoms. The van der Waals surface area contributed by atoms with Crippen LogP contribution in [0.1, 0.15) is 51.0 Å². The van der Waals surface area contributed by atoms with Gasteiger partial charge in [-0.2, -0.15) is 0 Å². The summed E-state index contributed by atoms with van der Waals surface area (Å²) < 4.78 is 0. The largest absolute Gasteiger partial charge is 0.325 e. The number of nitrogens with one attached hydrogen (secondary N) is 2. The third kappa shape index (κ3) is 4.50. The summed E-state index contributed by atoms with van der Waals surface area (Å²) in [7, 11) is 2.09. The van der Waals surface area contributed by atoms with Gasteiger partial charge in [-0.15, -0.1) is 12.4 Å². The Kier molecular flexibility index (Phi) is 6.67. The highest BCUT2D eigenvalue weighted by atomic mass is 35.5. The second kappa shape index (κ2) is 8.32. The van der Waals surface area contributed by atoms with Gasteiger partial charge in [-0.25, -0.2) is 0 Å². The van der Waals surface area contributed by atoms with Gasteiger partial charge in [0.1, 0.15) is 0 Å². The normalized spacial score (nSPS) is 25.6. The topological polar surface area (TPSA) is 44.4 Å². The van der Waals surface area contributed by atoms with E-state index in [4.69, 9.17) is 0 Å². The molecule has 3 rings (SSSR count). The Morgan fingerprint density at radius 3 is 2.50 bits per heavy atom. The van der Waals surface area contributed by atoms with Gasteiger partial charge < -0.3 is 10.6 Å². The molecule has 2 unspecified atom stereocenters. The maximum absolute atomic E-state index is 12.5. The molecule has 0 aromatic heterocycles. The first-order valence-corrected chi connectivity index (χ1v) is 8.88. The minimum absolute atomic E-state index is 0. The number of para-hydroxylation sites is 1. The van der Waals surface area contributed by atoms with Gasteiger partial charge in [0.15, 0.2) is 0 Å².